The molecule has 0 bridgehead atoms. The molecule has 0 heterocycles. The quantitative estimate of drug-likeness (QED) is 0.628. The van der Waals surface area contributed by atoms with Gasteiger partial charge in [-0.05, 0) is 12.8 Å². The minimum atomic E-state index is -0.345. The van der Waals surface area contributed by atoms with Crippen molar-refractivity contribution in [3.63, 3.8) is 0 Å². The largest absolute Gasteiger partial charge is 0.393 e. The van der Waals surface area contributed by atoms with Crippen molar-refractivity contribution >= 4 is 5.91 Å². The Morgan fingerprint density at radius 2 is 2.18 bits per heavy atom. The Hall–Kier alpha value is -0.570. The molecule has 0 rings (SSSR count). The Bertz CT molecular complexity index is 125. The number of hydrogen-bond donors (Lipinski definition) is 2. The molecule has 0 radical (unpaired) electrons. The van der Waals surface area contributed by atoms with E-state index in [2.05, 4.69) is 5.32 Å². The van der Waals surface area contributed by atoms with E-state index in [4.69, 9.17) is 0 Å². The highest BCUT2D eigenvalue weighted by Crippen LogP contribution is 2.07. The van der Waals surface area contributed by atoms with Crippen LogP contribution in [-0.4, -0.2) is 24.2 Å². The van der Waals surface area contributed by atoms with Crippen molar-refractivity contribution < 1.29 is 9.90 Å². The van der Waals surface area contributed by atoms with Gasteiger partial charge in [0.1, 0.15) is 0 Å². The van der Waals surface area contributed by atoms with Crippen molar-refractivity contribution in [2.45, 2.75) is 32.8 Å². The molecular weight excluding hydrogens is 142 g/mol. The van der Waals surface area contributed by atoms with E-state index in [9.17, 15) is 9.90 Å². The van der Waals surface area contributed by atoms with Crippen molar-refractivity contribution in [1.29, 1.82) is 0 Å². The minimum Gasteiger partial charge on any atom is -0.393 e. The van der Waals surface area contributed by atoms with Crippen LogP contribution in [0.4, 0.5) is 0 Å². The lowest BCUT2D eigenvalue weighted by Crippen LogP contribution is -2.28. The summed E-state index contributed by atoms with van der Waals surface area (Å²) in [6.07, 6.45) is 0.916. The predicted octanol–water partition coefficient (Wildman–Crippen LogP) is 0.529. The lowest BCUT2D eigenvalue weighted by Gasteiger charge is -2.12. The maximum absolute atomic E-state index is 10.9. The van der Waals surface area contributed by atoms with Crippen molar-refractivity contribution in [3.8, 4) is 0 Å². The molecule has 0 aliphatic rings. The summed E-state index contributed by atoms with van der Waals surface area (Å²) in [4.78, 5) is 10.9. The van der Waals surface area contributed by atoms with Gasteiger partial charge in [0.2, 0.25) is 5.91 Å². The zero-order valence-electron chi connectivity index (χ0n) is 7.42. The van der Waals surface area contributed by atoms with Crippen LogP contribution in [0.3, 0.4) is 0 Å². The second kappa shape index (κ2) is 5.13. The standard InChI is InChI=1S/C8H17NO2/c1-4-7(10)5-6(2)8(11)9-3/h6-7,10H,4-5H2,1-3H3,(H,9,11)/t6-,7-/m0/s1. The number of carbonyl (C=O) groups excluding carboxylic acids is 1. The minimum absolute atomic E-state index is 0.00231. The van der Waals surface area contributed by atoms with E-state index in [1.54, 1.807) is 7.05 Å². The molecule has 0 spiro atoms. The number of nitrogens with one attached hydrogen (secondary N) is 1. The zero-order chi connectivity index (χ0) is 8.85. The first kappa shape index (κ1) is 10.4. The molecule has 0 aliphatic carbocycles. The number of rotatable bonds is 4. The molecule has 0 aliphatic heterocycles. The number of amides is 1. The number of aliphatic hydroxyl groups excluding tert-OH is 1. The summed E-state index contributed by atoms with van der Waals surface area (Å²) in [5.41, 5.74) is 0. The molecule has 0 unspecified atom stereocenters. The summed E-state index contributed by atoms with van der Waals surface area (Å²) in [6, 6.07) is 0. The van der Waals surface area contributed by atoms with Crippen LogP contribution >= 0.6 is 0 Å². The van der Waals surface area contributed by atoms with Gasteiger partial charge in [-0.15, -0.1) is 0 Å². The molecule has 0 saturated carbocycles. The van der Waals surface area contributed by atoms with Crippen molar-refractivity contribution in [2.24, 2.45) is 5.92 Å². The van der Waals surface area contributed by atoms with Crippen LogP contribution < -0.4 is 5.32 Å². The van der Waals surface area contributed by atoms with Gasteiger partial charge < -0.3 is 10.4 Å². The average molecular weight is 159 g/mol. The van der Waals surface area contributed by atoms with E-state index in [1.165, 1.54) is 0 Å². The van der Waals surface area contributed by atoms with Gasteiger partial charge in [0.05, 0.1) is 6.10 Å². The number of aliphatic hydroxyl groups is 1. The molecule has 2 atom stereocenters. The van der Waals surface area contributed by atoms with Gasteiger partial charge >= 0.3 is 0 Å². The van der Waals surface area contributed by atoms with Crippen LogP contribution in [0.5, 0.6) is 0 Å². The van der Waals surface area contributed by atoms with Crippen molar-refractivity contribution in [2.75, 3.05) is 7.05 Å². The van der Waals surface area contributed by atoms with E-state index in [0.717, 1.165) is 0 Å². The summed E-state index contributed by atoms with van der Waals surface area (Å²) in [5.74, 6) is -0.0903. The monoisotopic (exact) mass is 159 g/mol. The Kier molecular flexibility index (Phi) is 4.86. The third kappa shape index (κ3) is 3.98. The molecule has 0 aromatic rings. The molecule has 2 N–H and O–H groups in total. The maximum atomic E-state index is 10.9. The third-order valence-corrected chi connectivity index (χ3v) is 1.79. The first-order chi connectivity index (χ1) is 5.11. The summed E-state index contributed by atoms with van der Waals surface area (Å²) in [7, 11) is 1.61. The molecular formula is C8H17NO2. The Labute approximate surface area is 67.8 Å². The number of hydrogen-bond acceptors (Lipinski definition) is 2. The fourth-order valence-electron chi connectivity index (χ4n) is 0.928. The SMILES string of the molecule is CC[C@H](O)C[C@H](C)C(=O)NC. The van der Waals surface area contributed by atoms with Crippen LogP contribution in [0.1, 0.15) is 26.7 Å². The normalized spacial score (nSPS) is 15.6. The molecule has 0 saturated heterocycles. The second-order valence-electron chi connectivity index (χ2n) is 2.81. The third-order valence-electron chi connectivity index (χ3n) is 1.79. The summed E-state index contributed by atoms with van der Waals surface area (Å²) >= 11 is 0. The van der Waals surface area contributed by atoms with Crippen LogP contribution in [0, 0.1) is 5.92 Å². The smallest absolute Gasteiger partial charge is 0.222 e. The molecule has 0 aromatic heterocycles. The topological polar surface area (TPSA) is 49.3 Å². The fraction of sp³-hybridized carbons (Fsp3) is 0.875. The van der Waals surface area contributed by atoms with Gasteiger partial charge in [-0.1, -0.05) is 13.8 Å². The van der Waals surface area contributed by atoms with Gasteiger partial charge in [0.15, 0.2) is 0 Å². The lowest BCUT2D eigenvalue weighted by molar-refractivity contribution is -0.124. The summed E-state index contributed by atoms with van der Waals surface area (Å²) < 4.78 is 0. The molecule has 1 amide bonds. The summed E-state index contributed by atoms with van der Waals surface area (Å²) in [5, 5.41) is 11.7. The Balaban J connectivity index is 3.67. The highest BCUT2D eigenvalue weighted by molar-refractivity contribution is 5.77. The first-order valence-corrected chi connectivity index (χ1v) is 4.01. The molecule has 3 heteroatoms. The molecule has 3 nitrogen and oxygen atoms in total. The van der Waals surface area contributed by atoms with Crippen LogP contribution in [0.2, 0.25) is 0 Å². The van der Waals surface area contributed by atoms with Gasteiger partial charge in [0, 0.05) is 13.0 Å². The molecule has 66 valence electrons. The second-order valence-corrected chi connectivity index (χ2v) is 2.81. The van der Waals surface area contributed by atoms with Crippen molar-refractivity contribution in [3.05, 3.63) is 0 Å². The van der Waals surface area contributed by atoms with E-state index >= 15 is 0 Å². The first-order valence-electron chi connectivity index (χ1n) is 4.01. The van der Waals surface area contributed by atoms with Crippen LogP contribution in [-0.2, 0) is 4.79 Å². The average Bonchev–Trinajstić information content (AvgIpc) is 2.02. The van der Waals surface area contributed by atoms with Gasteiger partial charge in [-0.2, -0.15) is 0 Å². The fourth-order valence-corrected chi connectivity index (χ4v) is 0.928. The van der Waals surface area contributed by atoms with Gasteiger partial charge in [0.25, 0.3) is 0 Å². The summed E-state index contributed by atoms with van der Waals surface area (Å²) in [6.45, 7) is 3.72. The van der Waals surface area contributed by atoms with Crippen molar-refractivity contribution in [1.82, 2.24) is 5.32 Å². The lowest BCUT2D eigenvalue weighted by atomic mass is 10.0. The highest BCUT2D eigenvalue weighted by atomic mass is 16.3. The molecule has 11 heavy (non-hydrogen) atoms. The number of carbonyl (C=O) groups is 1. The van der Waals surface area contributed by atoms with E-state index in [-0.39, 0.29) is 17.9 Å². The predicted molar refractivity (Wildman–Crippen MR) is 44.1 cm³/mol. The Morgan fingerprint density at radius 1 is 1.64 bits per heavy atom. The zero-order valence-corrected chi connectivity index (χ0v) is 7.42. The van der Waals surface area contributed by atoms with Crippen LogP contribution in [0.15, 0.2) is 0 Å². The highest BCUT2D eigenvalue weighted by Gasteiger charge is 2.14. The maximum Gasteiger partial charge on any atom is 0.222 e. The Morgan fingerprint density at radius 3 is 2.55 bits per heavy atom. The molecule has 0 aromatic carbocycles. The van der Waals surface area contributed by atoms with E-state index < -0.39 is 0 Å². The van der Waals surface area contributed by atoms with Gasteiger partial charge in [-0.25, -0.2) is 0 Å². The van der Waals surface area contributed by atoms with Crippen LogP contribution in [0.25, 0.3) is 0 Å². The van der Waals surface area contributed by atoms with E-state index in [1.807, 2.05) is 13.8 Å². The van der Waals surface area contributed by atoms with E-state index in [0.29, 0.717) is 12.8 Å². The van der Waals surface area contributed by atoms with Gasteiger partial charge in [-0.3, -0.25) is 4.79 Å². The molecule has 0 fully saturated rings.